The lowest BCUT2D eigenvalue weighted by molar-refractivity contribution is 0.0564. The Bertz CT molecular complexity index is 629. The maximum atomic E-state index is 12.9. The second-order valence-electron chi connectivity index (χ2n) is 5.69. The van der Waals surface area contributed by atoms with Crippen LogP contribution in [0.3, 0.4) is 0 Å². The number of hydrogen-bond acceptors (Lipinski definition) is 2. The smallest absolute Gasteiger partial charge is 0.254 e. The van der Waals surface area contributed by atoms with E-state index in [1.165, 1.54) is 6.42 Å². The molecule has 1 aliphatic carbocycles. The predicted octanol–water partition coefficient (Wildman–Crippen LogP) is 3.22. The van der Waals surface area contributed by atoms with Gasteiger partial charge in [-0.15, -0.1) is 0 Å². The van der Waals surface area contributed by atoms with Crippen LogP contribution in [0.25, 0.3) is 10.8 Å². The van der Waals surface area contributed by atoms with Crippen molar-refractivity contribution >= 4 is 16.7 Å². The quantitative estimate of drug-likeness (QED) is 0.915. The monoisotopic (exact) mass is 283 g/mol. The summed E-state index contributed by atoms with van der Waals surface area (Å²) in [5, 5.41) is 11.2. The van der Waals surface area contributed by atoms with Gasteiger partial charge in [0.25, 0.3) is 5.91 Å². The van der Waals surface area contributed by atoms with E-state index in [0.29, 0.717) is 19.0 Å². The second-order valence-corrected chi connectivity index (χ2v) is 5.69. The topological polar surface area (TPSA) is 40.5 Å². The van der Waals surface area contributed by atoms with Gasteiger partial charge in [-0.25, -0.2) is 0 Å². The Labute approximate surface area is 125 Å². The van der Waals surface area contributed by atoms with Crippen LogP contribution >= 0.6 is 0 Å². The van der Waals surface area contributed by atoms with E-state index < -0.39 is 0 Å². The Hall–Kier alpha value is -1.87. The van der Waals surface area contributed by atoms with Crippen LogP contribution in [0.1, 0.15) is 36.0 Å². The molecule has 1 saturated carbocycles. The molecule has 0 aliphatic heterocycles. The number of aliphatic hydroxyl groups excluding tert-OH is 1. The Morgan fingerprint density at radius 2 is 1.90 bits per heavy atom. The standard InChI is InChI=1S/C18H21NO2/c20-13-5-12-19(15-8-4-9-15)18(21)17-11-3-7-14-6-1-2-10-16(14)17/h1-3,6-7,10-11,15,20H,4-5,8-9,12-13H2. The van der Waals surface area contributed by atoms with Crippen LogP contribution in [0.15, 0.2) is 42.5 Å². The van der Waals surface area contributed by atoms with E-state index in [0.717, 1.165) is 29.2 Å². The first-order chi connectivity index (χ1) is 10.3. The van der Waals surface area contributed by atoms with Crippen molar-refractivity contribution in [3.05, 3.63) is 48.0 Å². The van der Waals surface area contributed by atoms with Gasteiger partial charge < -0.3 is 10.0 Å². The normalized spacial score (nSPS) is 14.9. The van der Waals surface area contributed by atoms with Crippen LogP contribution in [0.4, 0.5) is 0 Å². The summed E-state index contributed by atoms with van der Waals surface area (Å²) in [5.41, 5.74) is 0.776. The number of carbonyl (C=O) groups is 1. The summed E-state index contributed by atoms with van der Waals surface area (Å²) < 4.78 is 0. The summed E-state index contributed by atoms with van der Waals surface area (Å²) in [5.74, 6) is 0.102. The van der Waals surface area contributed by atoms with Gasteiger partial charge >= 0.3 is 0 Å². The van der Waals surface area contributed by atoms with Gasteiger partial charge in [0, 0.05) is 24.8 Å². The lowest BCUT2D eigenvalue weighted by Crippen LogP contribution is -2.45. The number of carbonyl (C=O) groups excluding carboxylic acids is 1. The van der Waals surface area contributed by atoms with Gasteiger partial charge in [-0.1, -0.05) is 36.4 Å². The minimum Gasteiger partial charge on any atom is -0.396 e. The molecular formula is C18H21NO2. The van der Waals surface area contributed by atoms with Crippen LogP contribution in [0.5, 0.6) is 0 Å². The summed E-state index contributed by atoms with van der Waals surface area (Å²) in [6, 6.07) is 14.2. The molecule has 2 aromatic carbocycles. The number of rotatable bonds is 5. The van der Waals surface area contributed by atoms with Gasteiger partial charge in [-0.05, 0) is 42.5 Å². The molecule has 0 unspecified atom stereocenters. The van der Waals surface area contributed by atoms with E-state index in [2.05, 4.69) is 0 Å². The molecule has 0 aromatic heterocycles. The molecule has 0 radical (unpaired) electrons. The number of nitrogens with zero attached hydrogens (tertiary/aromatic N) is 1. The van der Waals surface area contributed by atoms with E-state index in [4.69, 9.17) is 5.11 Å². The summed E-state index contributed by atoms with van der Waals surface area (Å²) in [4.78, 5) is 14.9. The fraction of sp³-hybridized carbons (Fsp3) is 0.389. The third-order valence-electron chi connectivity index (χ3n) is 4.35. The summed E-state index contributed by atoms with van der Waals surface area (Å²) in [7, 11) is 0. The van der Waals surface area contributed by atoms with Crippen molar-refractivity contribution in [2.24, 2.45) is 0 Å². The Morgan fingerprint density at radius 3 is 2.62 bits per heavy atom. The molecular weight excluding hydrogens is 262 g/mol. The highest BCUT2D eigenvalue weighted by Crippen LogP contribution is 2.28. The highest BCUT2D eigenvalue weighted by Gasteiger charge is 2.29. The van der Waals surface area contributed by atoms with Gasteiger partial charge in [0.05, 0.1) is 0 Å². The zero-order valence-corrected chi connectivity index (χ0v) is 12.2. The first kappa shape index (κ1) is 14.1. The third-order valence-corrected chi connectivity index (χ3v) is 4.35. The fourth-order valence-corrected chi connectivity index (χ4v) is 2.96. The summed E-state index contributed by atoms with van der Waals surface area (Å²) in [6.45, 7) is 0.773. The van der Waals surface area contributed by atoms with Crippen molar-refractivity contribution in [1.82, 2.24) is 4.90 Å². The molecule has 3 rings (SSSR count). The molecule has 1 N–H and O–H groups in total. The maximum Gasteiger partial charge on any atom is 0.254 e. The molecule has 1 aliphatic rings. The number of benzene rings is 2. The number of fused-ring (bicyclic) bond motifs is 1. The molecule has 0 spiro atoms. The molecule has 0 bridgehead atoms. The van der Waals surface area contributed by atoms with E-state index in [1.807, 2.05) is 47.4 Å². The minimum atomic E-state index is 0.102. The van der Waals surface area contributed by atoms with Gasteiger partial charge in [-0.2, -0.15) is 0 Å². The van der Waals surface area contributed by atoms with Gasteiger partial charge in [-0.3, -0.25) is 4.79 Å². The average Bonchev–Trinajstić information content (AvgIpc) is 2.48. The zero-order chi connectivity index (χ0) is 14.7. The second kappa shape index (κ2) is 6.27. The first-order valence-electron chi connectivity index (χ1n) is 7.71. The van der Waals surface area contributed by atoms with Crippen LogP contribution in [-0.4, -0.2) is 35.1 Å². The molecule has 1 fully saturated rings. The van der Waals surface area contributed by atoms with Crippen molar-refractivity contribution in [3.8, 4) is 0 Å². The maximum absolute atomic E-state index is 12.9. The van der Waals surface area contributed by atoms with Gasteiger partial charge in [0.2, 0.25) is 0 Å². The molecule has 0 atom stereocenters. The SMILES string of the molecule is O=C(c1cccc2ccccc12)N(CCCO)C1CCC1. The minimum absolute atomic E-state index is 0.102. The highest BCUT2D eigenvalue weighted by atomic mass is 16.3. The Kier molecular flexibility index (Phi) is 4.20. The lowest BCUT2D eigenvalue weighted by atomic mass is 9.90. The highest BCUT2D eigenvalue weighted by molar-refractivity contribution is 6.07. The van der Waals surface area contributed by atoms with Gasteiger partial charge in [0.1, 0.15) is 0 Å². The largest absolute Gasteiger partial charge is 0.396 e. The number of amides is 1. The fourth-order valence-electron chi connectivity index (χ4n) is 2.96. The molecule has 0 saturated heterocycles. The van der Waals surface area contributed by atoms with Gasteiger partial charge in [0.15, 0.2) is 0 Å². The van der Waals surface area contributed by atoms with Crippen molar-refractivity contribution in [3.63, 3.8) is 0 Å². The van der Waals surface area contributed by atoms with E-state index in [1.54, 1.807) is 0 Å². The molecule has 1 amide bonds. The third kappa shape index (κ3) is 2.79. The van der Waals surface area contributed by atoms with Crippen molar-refractivity contribution in [2.45, 2.75) is 31.7 Å². The molecule has 110 valence electrons. The summed E-state index contributed by atoms with van der Waals surface area (Å²) in [6.07, 6.45) is 4.01. The zero-order valence-electron chi connectivity index (χ0n) is 12.2. The van der Waals surface area contributed by atoms with Crippen molar-refractivity contribution in [1.29, 1.82) is 0 Å². The predicted molar refractivity (Wildman–Crippen MR) is 84.3 cm³/mol. The first-order valence-corrected chi connectivity index (χ1v) is 7.71. The van der Waals surface area contributed by atoms with E-state index >= 15 is 0 Å². The Morgan fingerprint density at radius 1 is 1.14 bits per heavy atom. The van der Waals surface area contributed by atoms with Crippen molar-refractivity contribution < 1.29 is 9.90 Å². The molecule has 3 nitrogen and oxygen atoms in total. The van der Waals surface area contributed by atoms with Crippen LogP contribution in [-0.2, 0) is 0 Å². The van der Waals surface area contributed by atoms with E-state index in [9.17, 15) is 4.79 Å². The molecule has 21 heavy (non-hydrogen) atoms. The van der Waals surface area contributed by atoms with Crippen molar-refractivity contribution in [2.75, 3.05) is 13.2 Å². The Balaban J connectivity index is 1.93. The van der Waals surface area contributed by atoms with Crippen LogP contribution in [0.2, 0.25) is 0 Å². The van der Waals surface area contributed by atoms with Crippen LogP contribution < -0.4 is 0 Å². The molecule has 3 heteroatoms. The summed E-state index contributed by atoms with van der Waals surface area (Å²) >= 11 is 0. The number of hydrogen-bond donors (Lipinski definition) is 1. The van der Waals surface area contributed by atoms with E-state index in [-0.39, 0.29) is 12.5 Å². The van der Waals surface area contributed by atoms with Crippen LogP contribution in [0, 0.1) is 0 Å². The molecule has 0 heterocycles. The average molecular weight is 283 g/mol. The molecule has 2 aromatic rings. The lowest BCUT2D eigenvalue weighted by Gasteiger charge is -2.37. The number of aliphatic hydroxyl groups is 1.